The summed E-state index contributed by atoms with van der Waals surface area (Å²) in [7, 11) is 3.19. The summed E-state index contributed by atoms with van der Waals surface area (Å²) in [6.07, 6.45) is 1.59. The number of hydrogen-bond donors (Lipinski definition) is 2. The smallest absolute Gasteiger partial charge is 0.309 e. The molecular formula is C27H34N2O5. The van der Waals surface area contributed by atoms with E-state index in [2.05, 4.69) is 17.2 Å². The van der Waals surface area contributed by atoms with E-state index in [4.69, 9.17) is 9.47 Å². The quantitative estimate of drug-likeness (QED) is 0.408. The number of carbonyl (C=O) groups is 1. The van der Waals surface area contributed by atoms with Gasteiger partial charge in [0.15, 0.2) is 0 Å². The number of aryl methyl sites for hydroxylation is 2. The van der Waals surface area contributed by atoms with E-state index in [1.807, 2.05) is 44.2 Å². The van der Waals surface area contributed by atoms with E-state index in [1.165, 1.54) is 5.56 Å². The topological polar surface area (TPSA) is 93.8 Å². The van der Waals surface area contributed by atoms with Gasteiger partial charge < -0.3 is 19.7 Å². The number of carboxylic acid groups (broad SMARTS) is 1. The SMILES string of the molecule is COc1cc(C(O)[C@H](CCCc2ccccc2)Cn2nc(C)cc2CC(=O)O)cc(OC)c1C. The molecule has 0 saturated carbocycles. The minimum Gasteiger partial charge on any atom is -0.496 e. The van der Waals surface area contributed by atoms with E-state index < -0.39 is 12.1 Å². The normalized spacial score (nSPS) is 12.9. The lowest BCUT2D eigenvalue weighted by Crippen LogP contribution is -2.22. The Labute approximate surface area is 201 Å². The van der Waals surface area contributed by atoms with E-state index in [9.17, 15) is 15.0 Å². The fourth-order valence-corrected chi connectivity index (χ4v) is 4.39. The van der Waals surface area contributed by atoms with E-state index in [1.54, 1.807) is 25.0 Å². The largest absolute Gasteiger partial charge is 0.496 e. The van der Waals surface area contributed by atoms with Gasteiger partial charge in [-0.25, -0.2) is 0 Å². The summed E-state index contributed by atoms with van der Waals surface area (Å²) in [6.45, 7) is 4.17. The van der Waals surface area contributed by atoms with E-state index in [0.717, 1.165) is 30.5 Å². The fourth-order valence-electron chi connectivity index (χ4n) is 4.39. The number of aliphatic hydroxyl groups is 1. The molecular weight excluding hydrogens is 432 g/mol. The summed E-state index contributed by atoms with van der Waals surface area (Å²) < 4.78 is 12.7. The minimum absolute atomic E-state index is 0.111. The first-order valence-corrected chi connectivity index (χ1v) is 11.5. The zero-order valence-corrected chi connectivity index (χ0v) is 20.3. The second kappa shape index (κ2) is 11.7. The van der Waals surface area contributed by atoms with Crippen LogP contribution in [0, 0.1) is 19.8 Å². The molecule has 0 saturated heterocycles. The second-order valence-electron chi connectivity index (χ2n) is 8.66. The zero-order valence-electron chi connectivity index (χ0n) is 20.3. The van der Waals surface area contributed by atoms with Crippen LogP contribution in [0.4, 0.5) is 0 Å². The van der Waals surface area contributed by atoms with Crippen molar-refractivity contribution in [1.82, 2.24) is 9.78 Å². The number of aromatic nitrogens is 2. The summed E-state index contributed by atoms with van der Waals surface area (Å²) in [6, 6.07) is 15.7. The first kappa shape index (κ1) is 25.3. The molecule has 0 aliphatic heterocycles. The third-order valence-corrected chi connectivity index (χ3v) is 6.17. The molecule has 0 bridgehead atoms. The highest BCUT2D eigenvalue weighted by atomic mass is 16.5. The molecule has 7 nitrogen and oxygen atoms in total. The van der Waals surface area contributed by atoms with Crippen LogP contribution in [0.2, 0.25) is 0 Å². The predicted octanol–water partition coefficient (Wildman–Crippen LogP) is 4.52. The molecule has 3 rings (SSSR count). The number of nitrogens with zero attached hydrogens (tertiary/aromatic N) is 2. The standard InChI is InChI=1S/C27H34N2O5/c1-18-13-23(16-26(30)31)29(28-18)17-21(12-8-11-20-9-6-5-7-10-20)27(32)22-14-24(33-3)19(2)25(15-22)34-4/h5-7,9-10,13-15,21,27,32H,8,11-12,16-17H2,1-4H3,(H,30,31)/t21-,27?/m1/s1. The van der Waals surface area contributed by atoms with Gasteiger partial charge in [-0.2, -0.15) is 5.10 Å². The van der Waals surface area contributed by atoms with E-state index in [-0.39, 0.29) is 12.3 Å². The number of aliphatic carboxylic acids is 1. The van der Waals surface area contributed by atoms with Gasteiger partial charge in [-0.1, -0.05) is 30.3 Å². The van der Waals surface area contributed by atoms with Gasteiger partial charge >= 0.3 is 5.97 Å². The Morgan fingerprint density at radius 2 is 1.71 bits per heavy atom. The van der Waals surface area contributed by atoms with E-state index in [0.29, 0.717) is 29.3 Å². The van der Waals surface area contributed by atoms with Gasteiger partial charge in [0, 0.05) is 23.7 Å². The van der Waals surface area contributed by atoms with Crippen molar-refractivity contribution in [2.75, 3.05) is 14.2 Å². The Morgan fingerprint density at radius 3 is 2.29 bits per heavy atom. The van der Waals surface area contributed by atoms with Crippen molar-refractivity contribution >= 4 is 5.97 Å². The number of aliphatic hydroxyl groups excluding tert-OH is 1. The molecule has 1 aromatic heterocycles. The first-order valence-electron chi connectivity index (χ1n) is 11.5. The highest BCUT2D eigenvalue weighted by Crippen LogP contribution is 2.36. The Kier molecular flexibility index (Phi) is 8.71. The van der Waals surface area contributed by atoms with Crippen molar-refractivity contribution < 1.29 is 24.5 Å². The minimum atomic E-state index is -0.907. The lowest BCUT2D eigenvalue weighted by atomic mass is 9.89. The third-order valence-electron chi connectivity index (χ3n) is 6.17. The molecule has 2 N–H and O–H groups in total. The average molecular weight is 467 g/mol. The molecule has 0 aliphatic carbocycles. The summed E-state index contributed by atoms with van der Waals surface area (Å²) in [5.74, 6) is 0.207. The molecule has 0 radical (unpaired) electrons. The molecule has 0 fully saturated rings. The van der Waals surface area contributed by atoms with Gasteiger partial charge in [-0.3, -0.25) is 9.48 Å². The number of ether oxygens (including phenoxy) is 2. The lowest BCUT2D eigenvalue weighted by molar-refractivity contribution is -0.136. The molecule has 3 aromatic rings. The van der Waals surface area contributed by atoms with Crippen LogP contribution in [0.25, 0.3) is 0 Å². The highest BCUT2D eigenvalue weighted by Gasteiger charge is 2.25. The van der Waals surface area contributed by atoms with Crippen LogP contribution in [0.1, 0.15) is 47.0 Å². The van der Waals surface area contributed by atoms with Crippen molar-refractivity contribution in [3.05, 3.63) is 76.6 Å². The Hall–Kier alpha value is -3.32. The van der Waals surface area contributed by atoms with Crippen LogP contribution in [-0.2, 0) is 24.2 Å². The number of methoxy groups -OCH3 is 2. The second-order valence-corrected chi connectivity index (χ2v) is 8.66. The van der Waals surface area contributed by atoms with Crippen molar-refractivity contribution in [3.8, 4) is 11.5 Å². The van der Waals surface area contributed by atoms with Gasteiger partial charge in [0.1, 0.15) is 11.5 Å². The molecule has 1 unspecified atom stereocenters. The van der Waals surface area contributed by atoms with Crippen molar-refractivity contribution in [2.24, 2.45) is 5.92 Å². The van der Waals surface area contributed by atoms with Crippen LogP contribution >= 0.6 is 0 Å². The molecule has 1 heterocycles. The molecule has 34 heavy (non-hydrogen) atoms. The van der Waals surface area contributed by atoms with Gasteiger partial charge in [0.25, 0.3) is 0 Å². The molecule has 182 valence electrons. The van der Waals surface area contributed by atoms with Crippen molar-refractivity contribution in [1.29, 1.82) is 0 Å². The maximum atomic E-state index is 11.5. The molecule has 0 aliphatic rings. The maximum absolute atomic E-state index is 11.5. The third kappa shape index (κ3) is 6.38. The van der Waals surface area contributed by atoms with Gasteiger partial charge in [0.05, 0.1) is 32.4 Å². The number of carboxylic acids is 1. The van der Waals surface area contributed by atoms with Crippen molar-refractivity contribution in [2.45, 2.75) is 52.2 Å². The first-order chi connectivity index (χ1) is 16.3. The molecule has 2 aromatic carbocycles. The molecule has 7 heteroatoms. The predicted molar refractivity (Wildman–Crippen MR) is 130 cm³/mol. The number of rotatable bonds is 12. The van der Waals surface area contributed by atoms with Gasteiger partial charge in [0.2, 0.25) is 0 Å². The van der Waals surface area contributed by atoms with Gasteiger partial charge in [-0.15, -0.1) is 0 Å². The highest BCUT2D eigenvalue weighted by molar-refractivity contribution is 5.69. The molecule has 0 amide bonds. The lowest BCUT2D eigenvalue weighted by Gasteiger charge is -2.25. The fraction of sp³-hybridized carbons (Fsp3) is 0.407. The maximum Gasteiger partial charge on any atom is 0.309 e. The summed E-state index contributed by atoms with van der Waals surface area (Å²) in [4.78, 5) is 11.4. The Balaban J connectivity index is 1.89. The number of hydrogen-bond acceptors (Lipinski definition) is 5. The van der Waals surface area contributed by atoms with E-state index >= 15 is 0 Å². The average Bonchev–Trinajstić information content (AvgIpc) is 3.16. The van der Waals surface area contributed by atoms with Crippen LogP contribution in [0.3, 0.4) is 0 Å². The van der Waals surface area contributed by atoms with Crippen LogP contribution in [0.15, 0.2) is 48.5 Å². The van der Waals surface area contributed by atoms with Crippen molar-refractivity contribution in [3.63, 3.8) is 0 Å². The Morgan fingerprint density at radius 1 is 1.06 bits per heavy atom. The summed E-state index contributed by atoms with van der Waals surface area (Å²) in [5.41, 5.74) is 4.20. The molecule has 0 spiro atoms. The summed E-state index contributed by atoms with van der Waals surface area (Å²) in [5, 5.41) is 25.3. The summed E-state index contributed by atoms with van der Waals surface area (Å²) >= 11 is 0. The monoisotopic (exact) mass is 466 g/mol. The number of benzene rings is 2. The zero-order chi connectivity index (χ0) is 24.7. The van der Waals surface area contributed by atoms with Crippen LogP contribution in [0.5, 0.6) is 11.5 Å². The van der Waals surface area contributed by atoms with Crippen LogP contribution in [-0.4, -0.2) is 40.2 Å². The molecule has 2 atom stereocenters. The van der Waals surface area contributed by atoms with Crippen LogP contribution < -0.4 is 9.47 Å². The Bertz CT molecular complexity index is 1070. The van der Waals surface area contributed by atoms with Gasteiger partial charge in [-0.05, 0) is 62.4 Å².